The molecule has 3 saturated heterocycles. The Morgan fingerprint density at radius 3 is 0.806 bits per heavy atom. The Hall–Kier alpha value is -15.0. The van der Waals surface area contributed by atoms with Gasteiger partial charge in [-0.3, -0.25) is 24.0 Å². The van der Waals surface area contributed by atoms with Gasteiger partial charge in [0.15, 0.2) is 45.4 Å². The van der Waals surface area contributed by atoms with Gasteiger partial charge in [-0.1, -0.05) is 60.7 Å². The molecule has 15 atom stereocenters. The van der Waals surface area contributed by atoms with E-state index in [2.05, 4.69) is 0 Å². The van der Waals surface area contributed by atoms with Gasteiger partial charge in [0.1, 0.15) is 173 Å². The second-order valence-corrected chi connectivity index (χ2v) is 30.4. The fourth-order valence-corrected chi connectivity index (χ4v) is 14.5. The lowest BCUT2D eigenvalue weighted by Crippen LogP contribution is -2.60. The molecule has 0 aliphatic carbocycles. The third-order valence-corrected chi connectivity index (χ3v) is 21.9. The number of aromatic hydroxyl groups is 7. The number of phenolic OH excluding ortho intramolecular Hbond substituents is 7. The van der Waals surface area contributed by atoms with Crippen molar-refractivity contribution >= 4 is 54.8 Å². The molecule has 3 aliphatic heterocycles. The van der Waals surface area contributed by atoms with E-state index in [1.54, 1.807) is 60.7 Å². The number of fused-ring (bicyclic) bond motifs is 5. The third-order valence-electron chi connectivity index (χ3n) is 21.9. The van der Waals surface area contributed by atoms with E-state index in [0.29, 0.717) is 66.2 Å². The first kappa shape index (κ1) is 95.1. The van der Waals surface area contributed by atoms with Crippen LogP contribution >= 0.6 is 0 Å². The van der Waals surface area contributed by atoms with E-state index in [1.165, 1.54) is 186 Å². The summed E-state index contributed by atoms with van der Waals surface area (Å²) in [4.78, 5) is 63.7. The molecule has 38 heteroatoms. The Morgan fingerprint density at radius 2 is 0.507 bits per heavy atom. The van der Waals surface area contributed by atoms with Gasteiger partial charge in [0.25, 0.3) is 0 Å². The molecule has 18 rings (SSSR count). The van der Waals surface area contributed by atoms with Crippen LogP contribution in [-0.4, -0.2) is 230 Å². The van der Waals surface area contributed by atoms with Crippen molar-refractivity contribution in [1.29, 1.82) is 0 Å². The average molecular weight is 1850 g/mol. The molecule has 698 valence electrons. The minimum Gasteiger partial charge on any atom is -0.508 e. The summed E-state index contributed by atoms with van der Waals surface area (Å²) in [7, 11) is 4.12. The van der Waals surface area contributed by atoms with Crippen molar-refractivity contribution in [2.24, 2.45) is 0 Å². The molecular weight excluding hydrogens is 1760 g/mol. The summed E-state index contributed by atoms with van der Waals surface area (Å²) < 4.78 is 76.1. The molecule has 38 nitrogen and oxygen atoms in total. The predicted octanol–water partition coefficient (Wildman–Crippen LogP) is 6.80. The Labute approximate surface area is 753 Å². The number of benzene rings is 10. The van der Waals surface area contributed by atoms with E-state index >= 15 is 0 Å². The lowest BCUT2D eigenvalue weighted by atomic mass is 9.99. The molecule has 134 heavy (non-hydrogen) atoms. The van der Waals surface area contributed by atoms with E-state index in [1.807, 2.05) is 0 Å². The second kappa shape index (κ2) is 41.2. The molecule has 1 unspecified atom stereocenters. The molecule has 3 fully saturated rings. The number of rotatable bonds is 17. The molecule has 0 radical (unpaired) electrons. The first-order valence-corrected chi connectivity index (χ1v) is 40.6. The molecule has 5 aromatic heterocycles. The Morgan fingerprint density at radius 1 is 0.254 bits per heavy atom. The van der Waals surface area contributed by atoms with E-state index < -0.39 is 112 Å². The van der Waals surface area contributed by atoms with Gasteiger partial charge in [0, 0.05) is 30.3 Å². The summed E-state index contributed by atoms with van der Waals surface area (Å²) in [6.45, 7) is -1.78. The monoisotopic (exact) mass is 1850 g/mol. The van der Waals surface area contributed by atoms with Crippen LogP contribution in [0.15, 0.2) is 271 Å². The summed E-state index contributed by atoms with van der Waals surface area (Å²) in [5, 5.41) is 185. The zero-order valence-corrected chi connectivity index (χ0v) is 70.4. The topological polar surface area (TPSA) is 618 Å². The Kier molecular flexibility index (Phi) is 29.3. The van der Waals surface area contributed by atoms with Gasteiger partial charge in [-0.05, 0) is 131 Å². The number of aliphatic hydroxyl groups excluding tert-OH is 12. The van der Waals surface area contributed by atoms with E-state index in [4.69, 9.17) is 64.7 Å². The van der Waals surface area contributed by atoms with Crippen LogP contribution in [0.2, 0.25) is 0 Å². The molecule has 3 aliphatic rings. The maximum absolute atomic E-state index is 13.0. The second-order valence-electron chi connectivity index (χ2n) is 30.4. The molecule has 19 N–H and O–H groups in total. The van der Waals surface area contributed by atoms with Crippen molar-refractivity contribution in [2.75, 3.05) is 41.2 Å². The largest absolute Gasteiger partial charge is 0.508 e. The summed E-state index contributed by atoms with van der Waals surface area (Å²) in [5.74, 6) is 1.17. The first-order chi connectivity index (χ1) is 64.3. The van der Waals surface area contributed by atoms with E-state index in [9.17, 15) is 121 Å². The van der Waals surface area contributed by atoms with Crippen LogP contribution in [0.25, 0.3) is 110 Å². The SMILES string of the molecule is COc1cc2c(=O)c(-c3ccc(O)cc3)coc2cc1O.COc1cc2c(=O)c(-c3ccc(O)cc3)coc2cc1O[C@@H]1O[C@H](CO)[C@@H](O)[C@H](O)[C@H]1O.COc1cc2c(=O)c(-c3ccc(O)cc3)coc2cc1O[C@@H]1O[C@H](CO)[C@@H](O)[C@H](O)[C@H]1O.O=c1c(-c2ccc(O)cc2)coc2cc(O)ccc12.O=c1c(-c2ccc(O)cc2)coc2cc(OC3O[C@H](CO)[C@@H](O)[C@H](O)[C@H]3O)ccc12. The number of ether oxygens (including phenoxy) is 9. The van der Waals surface area contributed by atoms with Crippen LogP contribution in [0.4, 0.5) is 0 Å². The molecule has 0 saturated carbocycles. The highest BCUT2D eigenvalue weighted by atomic mass is 16.7. The van der Waals surface area contributed by atoms with Gasteiger partial charge in [0.05, 0.1) is 95.9 Å². The van der Waals surface area contributed by atoms with E-state index in [-0.39, 0.29) is 146 Å². The number of aliphatic hydroxyl groups is 12. The van der Waals surface area contributed by atoms with Crippen LogP contribution in [0.3, 0.4) is 0 Å². The van der Waals surface area contributed by atoms with Crippen LogP contribution < -0.4 is 55.6 Å². The zero-order valence-electron chi connectivity index (χ0n) is 70.4. The fourth-order valence-electron chi connectivity index (χ4n) is 14.5. The minimum absolute atomic E-state index is 0.0462. The zero-order chi connectivity index (χ0) is 95.8. The highest BCUT2D eigenvalue weighted by Crippen LogP contribution is 2.40. The van der Waals surface area contributed by atoms with Crippen LogP contribution in [-0.2, 0) is 14.2 Å². The van der Waals surface area contributed by atoms with Crippen molar-refractivity contribution in [2.45, 2.75) is 92.1 Å². The van der Waals surface area contributed by atoms with Crippen molar-refractivity contribution in [3.63, 3.8) is 0 Å². The van der Waals surface area contributed by atoms with Crippen molar-refractivity contribution in [3.8, 4) is 130 Å². The summed E-state index contributed by atoms with van der Waals surface area (Å²) in [6, 6.07) is 48.0. The lowest BCUT2D eigenvalue weighted by molar-refractivity contribution is -0.277. The highest BCUT2D eigenvalue weighted by molar-refractivity contribution is 5.89. The van der Waals surface area contributed by atoms with Crippen LogP contribution in [0, 0.1) is 0 Å². The standard InChI is InChI=1S/2C22H22O10.C21H20O9.C16H12O5.C15H10O4/c2*1-29-15-6-12-14(30-9-13(18(12)25)10-2-4-11(24)5-3-10)7-16(15)31-22-21(28)20(27)19(26)17(8-23)32-22;22-8-16-18(25)19(26)20(27)21(30-16)29-12-5-6-13-15(7-12)28-9-14(17(13)24)10-1-3-11(23)4-2-10;1-20-15-6-11-14(7-13(15)18)21-8-12(16(11)19)9-2-4-10(17)5-3-9;16-10-3-1-9(2-4-10)13-8-19-14-7-11(17)5-6-12(14)15(13)18/h2*2-7,9,17,19-24,26-28H,8H2,1H3;1-7,9,16,18-23,25-27H,8H2;2-8,17-18H,1H3;1-8,16-17H/t2*17-,19-,20+,21-,22-;16-,18-,19+,20-,21?;;/m111../s1. The van der Waals surface area contributed by atoms with Gasteiger partial charge in [-0.25, -0.2) is 0 Å². The highest BCUT2D eigenvalue weighted by Gasteiger charge is 2.48. The van der Waals surface area contributed by atoms with Gasteiger partial charge < -0.3 is 162 Å². The van der Waals surface area contributed by atoms with Gasteiger partial charge in [-0.2, -0.15) is 0 Å². The normalized spacial score (nSPS) is 21.4. The molecule has 0 bridgehead atoms. The minimum atomic E-state index is -1.61. The van der Waals surface area contributed by atoms with Crippen LogP contribution in [0.1, 0.15) is 0 Å². The maximum atomic E-state index is 13.0. The van der Waals surface area contributed by atoms with Crippen molar-refractivity contribution < 1.29 is 162 Å². The third kappa shape index (κ3) is 20.4. The average Bonchev–Trinajstić information content (AvgIpc) is 0.758. The Bertz CT molecular complexity index is 6810. The lowest BCUT2D eigenvalue weighted by Gasteiger charge is -2.39. The summed E-state index contributed by atoms with van der Waals surface area (Å²) in [6.07, 6.45) is -15.1. The van der Waals surface area contributed by atoms with Crippen molar-refractivity contribution in [1.82, 2.24) is 0 Å². The molecule has 8 heterocycles. The number of hydrogen-bond donors (Lipinski definition) is 19. The van der Waals surface area contributed by atoms with Crippen LogP contribution in [0.5, 0.6) is 74.7 Å². The van der Waals surface area contributed by atoms with Crippen molar-refractivity contribution in [3.05, 3.63) is 277 Å². The smallest absolute Gasteiger partial charge is 0.229 e. The summed E-state index contributed by atoms with van der Waals surface area (Å²) >= 11 is 0. The quantitative estimate of drug-likeness (QED) is 0.0445. The van der Waals surface area contributed by atoms with Gasteiger partial charge in [-0.15, -0.1) is 0 Å². The van der Waals surface area contributed by atoms with Gasteiger partial charge in [0.2, 0.25) is 35.2 Å². The molecule has 0 spiro atoms. The maximum Gasteiger partial charge on any atom is 0.229 e. The van der Waals surface area contributed by atoms with Gasteiger partial charge >= 0.3 is 0 Å². The first-order valence-electron chi connectivity index (χ1n) is 40.6. The Balaban J connectivity index is 0.000000136. The molecular formula is C96H86O38. The molecule has 15 aromatic rings. The molecule has 0 amide bonds. The van der Waals surface area contributed by atoms with E-state index in [0.717, 1.165) is 0 Å². The number of methoxy groups -OCH3 is 3. The number of phenols is 7. The number of hydrogen-bond acceptors (Lipinski definition) is 38. The summed E-state index contributed by atoms with van der Waals surface area (Å²) in [5.41, 5.74) is 4.48. The predicted molar refractivity (Wildman–Crippen MR) is 474 cm³/mol. The fraction of sp³-hybridized carbons (Fsp3) is 0.219. The molecule has 10 aromatic carbocycles.